The van der Waals surface area contributed by atoms with Crippen molar-refractivity contribution in [3.63, 3.8) is 0 Å². The van der Waals surface area contributed by atoms with Crippen molar-refractivity contribution in [3.8, 4) is 0 Å². The van der Waals surface area contributed by atoms with Crippen LogP contribution in [-0.2, 0) is 6.54 Å². The number of nitrogens with zero attached hydrogens (tertiary/aromatic N) is 2. The maximum Gasteiger partial charge on any atom is 0.250 e. The highest BCUT2D eigenvalue weighted by Gasteiger charge is 2.23. The number of rotatable bonds is 3. The first-order valence-electron chi connectivity index (χ1n) is 9.44. The van der Waals surface area contributed by atoms with Crippen molar-refractivity contribution in [1.82, 2.24) is 14.9 Å². The Morgan fingerprint density at radius 3 is 2.74 bits per heavy atom. The van der Waals surface area contributed by atoms with Crippen LogP contribution in [0.4, 0.5) is 0 Å². The quantitative estimate of drug-likeness (QED) is 0.599. The van der Waals surface area contributed by atoms with E-state index in [1.165, 1.54) is 22.7 Å². The topological polar surface area (TPSA) is 62.1 Å². The number of likely N-dealkylation sites (tertiary alicyclic amines) is 1. The molecule has 2 aromatic heterocycles. The van der Waals surface area contributed by atoms with Crippen molar-refractivity contribution >= 4 is 21.9 Å². The minimum absolute atomic E-state index is 0.0704. The summed E-state index contributed by atoms with van der Waals surface area (Å²) in [5.41, 5.74) is 4.02. The molecule has 0 spiro atoms. The second-order valence-electron chi connectivity index (χ2n) is 7.28. The van der Waals surface area contributed by atoms with E-state index in [9.17, 15) is 4.79 Å². The minimum Gasteiger partial charge on any atom is -0.456 e. The van der Waals surface area contributed by atoms with Crippen LogP contribution in [-0.4, -0.2) is 28.0 Å². The van der Waals surface area contributed by atoms with Gasteiger partial charge in [-0.25, -0.2) is 4.98 Å². The normalized spacial score (nSPS) is 16.3. The number of H-pyrrole nitrogens is 1. The molecule has 0 unspecified atom stereocenters. The molecule has 0 saturated carbocycles. The molecule has 0 atom stereocenters. The summed E-state index contributed by atoms with van der Waals surface area (Å²) >= 11 is 0. The molecule has 1 aliphatic heterocycles. The summed E-state index contributed by atoms with van der Waals surface area (Å²) in [6, 6.07) is 16.3. The average Bonchev–Trinajstić information content (AvgIpc) is 3.09. The van der Waals surface area contributed by atoms with E-state index in [0.717, 1.165) is 49.3 Å². The number of piperidine rings is 1. The summed E-state index contributed by atoms with van der Waals surface area (Å²) in [5, 5.41) is 2.36. The Kier molecular flexibility index (Phi) is 4.02. The summed E-state index contributed by atoms with van der Waals surface area (Å²) in [5.74, 6) is 0.366. The van der Waals surface area contributed by atoms with E-state index in [2.05, 4.69) is 45.2 Å². The predicted octanol–water partition coefficient (Wildman–Crippen LogP) is 4.05. The molecule has 0 radical (unpaired) electrons. The molecule has 0 amide bonds. The summed E-state index contributed by atoms with van der Waals surface area (Å²) in [6.45, 7) is 2.87. The second-order valence-corrected chi connectivity index (χ2v) is 7.28. The van der Waals surface area contributed by atoms with Gasteiger partial charge < -0.3 is 9.40 Å². The van der Waals surface area contributed by atoms with Crippen LogP contribution < -0.4 is 5.56 Å². The number of fused-ring (bicyclic) bond motifs is 3. The molecule has 1 saturated heterocycles. The van der Waals surface area contributed by atoms with E-state index >= 15 is 0 Å². The van der Waals surface area contributed by atoms with Gasteiger partial charge in [-0.3, -0.25) is 9.69 Å². The number of hydrogen-bond acceptors (Lipinski definition) is 4. The second kappa shape index (κ2) is 6.67. The molecule has 0 aliphatic carbocycles. The summed E-state index contributed by atoms with van der Waals surface area (Å²) in [7, 11) is 0. The van der Waals surface area contributed by atoms with E-state index in [1.54, 1.807) is 6.07 Å². The molecule has 3 heterocycles. The molecule has 27 heavy (non-hydrogen) atoms. The molecule has 5 heteroatoms. The fraction of sp³-hybridized carbons (Fsp3) is 0.273. The molecule has 5 rings (SSSR count). The lowest BCUT2D eigenvalue weighted by molar-refractivity contribution is 0.203. The zero-order valence-corrected chi connectivity index (χ0v) is 15.0. The Labute approximate surface area is 156 Å². The van der Waals surface area contributed by atoms with Crippen LogP contribution >= 0.6 is 0 Å². The third-order valence-electron chi connectivity index (χ3n) is 5.59. The standard InChI is InChI=1S/C22H21N3O2/c26-21-12-19(23-14-24-21)15-8-10-25(11-9-15)13-16-4-3-6-18-17-5-1-2-7-20(17)27-22(16)18/h1-7,12,14-15H,8-11,13H2,(H,23,24,26). The Morgan fingerprint density at radius 1 is 1.07 bits per heavy atom. The van der Waals surface area contributed by atoms with Crippen LogP contribution in [0.1, 0.15) is 30.0 Å². The van der Waals surface area contributed by atoms with Crippen LogP contribution in [0.2, 0.25) is 0 Å². The fourth-order valence-corrected chi connectivity index (χ4v) is 4.16. The highest BCUT2D eigenvalue weighted by Crippen LogP contribution is 2.32. The smallest absolute Gasteiger partial charge is 0.250 e. The molecule has 1 aliphatic rings. The van der Waals surface area contributed by atoms with Crippen molar-refractivity contribution < 1.29 is 4.42 Å². The SMILES string of the molecule is O=c1cc(C2CCN(Cc3cccc4c3oc3ccccc34)CC2)nc[nH]1. The van der Waals surface area contributed by atoms with Crippen molar-refractivity contribution in [2.45, 2.75) is 25.3 Å². The number of aromatic amines is 1. The molecule has 136 valence electrons. The van der Waals surface area contributed by atoms with Gasteiger partial charge >= 0.3 is 0 Å². The number of aromatic nitrogens is 2. The third-order valence-corrected chi connectivity index (χ3v) is 5.59. The highest BCUT2D eigenvalue weighted by atomic mass is 16.3. The van der Waals surface area contributed by atoms with Gasteiger partial charge in [0.25, 0.3) is 5.56 Å². The number of hydrogen-bond donors (Lipinski definition) is 1. The molecule has 5 nitrogen and oxygen atoms in total. The van der Waals surface area contributed by atoms with E-state index in [0.29, 0.717) is 5.92 Å². The van der Waals surface area contributed by atoms with Gasteiger partial charge in [0.1, 0.15) is 11.2 Å². The van der Waals surface area contributed by atoms with Gasteiger partial charge in [0.15, 0.2) is 0 Å². The molecule has 2 aromatic carbocycles. The Hall–Kier alpha value is -2.92. The van der Waals surface area contributed by atoms with Gasteiger partial charge in [0.05, 0.1) is 12.0 Å². The monoisotopic (exact) mass is 359 g/mol. The summed E-state index contributed by atoms with van der Waals surface area (Å²) in [4.78, 5) is 20.9. The highest BCUT2D eigenvalue weighted by molar-refractivity contribution is 6.05. The van der Waals surface area contributed by atoms with Crippen molar-refractivity contribution in [2.24, 2.45) is 0 Å². The Balaban J connectivity index is 1.35. The fourth-order valence-electron chi connectivity index (χ4n) is 4.16. The first-order chi connectivity index (χ1) is 13.3. The van der Waals surface area contributed by atoms with Gasteiger partial charge in [-0.1, -0.05) is 36.4 Å². The summed E-state index contributed by atoms with van der Waals surface area (Å²) < 4.78 is 6.15. The van der Waals surface area contributed by atoms with Crippen molar-refractivity contribution in [1.29, 1.82) is 0 Å². The van der Waals surface area contributed by atoms with E-state index in [4.69, 9.17) is 4.42 Å². The van der Waals surface area contributed by atoms with Crippen LogP contribution in [0.3, 0.4) is 0 Å². The first kappa shape index (κ1) is 16.3. The largest absolute Gasteiger partial charge is 0.456 e. The van der Waals surface area contributed by atoms with E-state index in [-0.39, 0.29) is 5.56 Å². The molecule has 1 N–H and O–H groups in total. The number of para-hydroxylation sites is 2. The maximum atomic E-state index is 11.5. The summed E-state index contributed by atoms with van der Waals surface area (Å²) in [6.07, 6.45) is 3.55. The molecule has 1 fully saturated rings. The van der Waals surface area contributed by atoms with Gasteiger partial charge in [-0.15, -0.1) is 0 Å². The van der Waals surface area contributed by atoms with Crippen LogP contribution in [0.15, 0.2) is 64.1 Å². The third kappa shape index (κ3) is 3.04. The van der Waals surface area contributed by atoms with Gasteiger partial charge in [-0.05, 0) is 32.0 Å². The number of nitrogens with one attached hydrogen (secondary N) is 1. The van der Waals surface area contributed by atoms with Crippen LogP contribution in [0, 0.1) is 0 Å². The molecule has 0 bridgehead atoms. The average molecular weight is 359 g/mol. The Bertz CT molecular complexity index is 1150. The maximum absolute atomic E-state index is 11.5. The van der Waals surface area contributed by atoms with Crippen molar-refractivity contribution in [3.05, 3.63) is 76.5 Å². The number of benzene rings is 2. The van der Waals surface area contributed by atoms with Crippen LogP contribution in [0.5, 0.6) is 0 Å². The predicted molar refractivity (Wildman–Crippen MR) is 106 cm³/mol. The zero-order valence-electron chi connectivity index (χ0n) is 15.0. The van der Waals surface area contributed by atoms with Gasteiger partial charge in [0, 0.05) is 34.9 Å². The minimum atomic E-state index is -0.0704. The lowest BCUT2D eigenvalue weighted by atomic mass is 9.93. The molecular weight excluding hydrogens is 338 g/mol. The van der Waals surface area contributed by atoms with E-state index in [1.807, 2.05) is 12.1 Å². The molecule has 4 aromatic rings. The molecular formula is C22H21N3O2. The van der Waals surface area contributed by atoms with E-state index < -0.39 is 0 Å². The Morgan fingerprint density at radius 2 is 1.89 bits per heavy atom. The van der Waals surface area contributed by atoms with Crippen LogP contribution in [0.25, 0.3) is 21.9 Å². The lowest BCUT2D eigenvalue weighted by Gasteiger charge is -2.31. The van der Waals surface area contributed by atoms with Gasteiger partial charge in [-0.2, -0.15) is 0 Å². The van der Waals surface area contributed by atoms with Crippen molar-refractivity contribution in [2.75, 3.05) is 13.1 Å². The first-order valence-corrected chi connectivity index (χ1v) is 9.44. The lowest BCUT2D eigenvalue weighted by Crippen LogP contribution is -2.33. The zero-order chi connectivity index (χ0) is 18.2. The number of furan rings is 1. The van der Waals surface area contributed by atoms with Gasteiger partial charge in [0.2, 0.25) is 0 Å².